The summed E-state index contributed by atoms with van der Waals surface area (Å²) in [6.07, 6.45) is 5.57. The Morgan fingerprint density at radius 3 is 2.97 bits per heavy atom. The summed E-state index contributed by atoms with van der Waals surface area (Å²) in [6, 6.07) is 11.3. The van der Waals surface area contributed by atoms with E-state index in [-0.39, 0.29) is 12.2 Å². The van der Waals surface area contributed by atoms with Crippen LogP contribution < -0.4 is 15.6 Å². The van der Waals surface area contributed by atoms with Gasteiger partial charge < -0.3 is 20.0 Å². The fraction of sp³-hybridized carbons (Fsp3) is 0.520. The van der Waals surface area contributed by atoms with E-state index in [0.717, 1.165) is 62.4 Å². The van der Waals surface area contributed by atoms with Crippen LogP contribution in [0.15, 0.2) is 42.2 Å². The molecule has 4 aliphatic rings. The van der Waals surface area contributed by atoms with Gasteiger partial charge in [-0.2, -0.15) is 5.26 Å². The predicted octanol–water partition coefficient (Wildman–Crippen LogP) is 1.45. The van der Waals surface area contributed by atoms with Crippen molar-refractivity contribution in [3.8, 4) is 6.07 Å². The molecule has 8 heteroatoms. The molecular formula is C25H31N7O. The Kier molecular flexibility index (Phi) is 5.43. The highest BCUT2D eigenvalue weighted by molar-refractivity contribution is 5.95. The van der Waals surface area contributed by atoms with E-state index in [2.05, 4.69) is 61.9 Å². The Hall–Kier alpha value is -2.70. The van der Waals surface area contributed by atoms with Gasteiger partial charge in [0.05, 0.1) is 35.4 Å². The molecule has 6 rings (SSSR count). The maximum absolute atomic E-state index is 9.47. The minimum Gasteiger partial charge on any atom is -0.370 e. The average Bonchev–Trinajstić information content (AvgIpc) is 3.23. The van der Waals surface area contributed by atoms with Crippen molar-refractivity contribution in [3.63, 3.8) is 0 Å². The van der Waals surface area contributed by atoms with Gasteiger partial charge in [-0.15, -0.1) is 0 Å². The molecule has 0 bridgehead atoms. The molecule has 0 saturated carbocycles. The van der Waals surface area contributed by atoms with Crippen molar-refractivity contribution in [2.45, 2.75) is 37.6 Å². The van der Waals surface area contributed by atoms with E-state index in [9.17, 15) is 5.26 Å². The highest BCUT2D eigenvalue weighted by Crippen LogP contribution is 2.31. The first-order chi connectivity index (χ1) is 16.2. The maximum atomic E-state index is 9.47. The molecule has 3 fully saturated rings. The average molecular weight is 446 g/mol. The lowest BCUT2D eigenvalue weighted by molar-refractivity contribution is -0.0566. The lowest BCUT2D eigenvalue weighted by atomic mass is 10.0. The molecule has 8 nitrogen and oxygen atoms in total. The molecule has 172 valence electrons. The summed E-state index contributed by atoms with van der Waals surface area (Å²) in [5.41, 5.74) is 7.72. The zero-order valence-electron chi connectivity index (χ0n) is 19.1. The molecule has 2 N–H and O–H groups in total. The van der Waals surface area contributed by atoms with Crippen LogP contribution in [0.4, 0.5) is 5.69 Å². The number of nitrogens with zero attached hydrogens (tertiary/aromatic N) is 5. The maximum Gasteiger partial charge on any atom is 0.101 e. The Labute approximate surface area is 194 Å². The summed E-state index contributed by atoms with van der Waals surface area (Å²) in [5, 5.41) is 16.3. The van der Waals surface area contributed by atoms with Crippen LogP contribution in [0.2, 0.25) is 0 Å². The molecule has 0 aliphatic carbocycles. The molecule has 4 aliphatic heterocycles. The third kappa shape index (κ3) is 3.96. The van der Waals surface area contributed by atoms with Gasteiger partial charge in [-0.1, -0.05) is 0 Å². The predicted molar refractivity (Wildman–Crippen MR) is 128 cm³/mol. The van der Waals surface area contributed by atoms with E-state index in [1.807, 2.05) is 12.1 Å². The summed E-state index contributed by atoms with van der Waals surface area (Å²) in [6.45, 7) is 9.02. The van der Waals surface area contributed by atoms with Crippen molar-refractivity contribution < 1.29 is 4.74 Å². The zero-order chi connectivity index (χ0) is 22.4. The summed E-state index contributed by atoms with van der Waals surface area (Å²) in [7, 11) is 0. The van der Waals surface area contributed by atoms with Gasteiger partial charge in [0.2, 0.25) is 0 Å². The molecular weight excluding hydrogens is 414 g/mol. The van der Waals surface area contributed by atoms with Crippen molar-refractivity contribution in [3.05, 3.63) is 47.8 Å². The number of aromatic nitrogens is 1. The fourth-order valence-electron chi connectivity index (χ4n) is 5.70. The topological polar surface area (TPSA) is 79.7 Å². The third-order valence-corrected chi connectivity index (χ3v) is 7.32. The lowest BCUT2D eigenvalue weighted by Gasteiger charge is -2.47. The molecule has 1 aromatic heterocycles. The van der Waals surface area contributed by atoms with Gasteiger partial charge in [-0.05, 0) is 49.7 Å². The second-order valence-electron chi connectivity index (χ2n) is 9.75. The van der Waals surface area contributed by atoms with Crippen molar-refractivity contribution in [2.24, 2.45) is 0 Å². The van der Waals surface area contributed by atoms with Crippen LogP contribution in [-0.4, -0.2) is 85.0 Å². The molecule has 0 radical (unpaired) electrons. The molecule has 3 saturated heterocycles. The number of nitriles is 1. The van der Waals surface area contributed by atoms with Gasteiger partial charge in [0.15, 0.2) is 0 Å². The van der Waals surface area contributed by atoms with E-state index in [0.29, 0.717) is 17.6 Å². The van der Waals surface area contributed by atoms with Gasteiger partial charge in [-0.3, -0.25) is 9.88 Å². The summed E-state index contributed by atoms with van der Waals surface area (Å²) < 4.78 is 6.34. The summed E-state index contributed by atoms with van der Waals surface area (Å²) in [5.74, 6) is 0. The van der Waals surface area contributed by atoms with Gasteiger partial charge in [0.25, 0.3) is 0 Å². The monoisotopic (exact) mass is 445 g/mol. The molecule has 5 heterocycles. The van der Waals surface area contributed by atoms with Crippen LogP contribution in [0, 0.1) is 11.3 Å². The van der Waals surface area contributed by atoms with E-state index < -0.39 is 0 Å². The van der Waals surface area contributed by atoms with Crippen molar-refractivity contribution in [1.82, 2.24) is 25.6 Å². The normalized spacial score (nSPS) is 28.4. The second kappa shape index (κ2) is 8.58. The highest BCUT2D eigenvalue weighted by Gasteiger charge is 2.38. The molecule has 3 atom stereocenters. The van der Waals surface area contributed by atoms with Gasteiger partial charge in [-0.25, -0.2) is 5.43 Å². The van der Waals surface area contributed by atoms with Crippen molar-refractivity contribution >= 4 is 16.6 Å². The lowest BCUT2D eigenvalue weighted by Crippen LogP contribution is -2.63. The minimum absolute atomic E-state index is 0.156. The number of anilines is 1. The number of nitrogens with one attached hydrogen (secondary N) is 2. The molecule has 0 amide bonds. The van der Waals surface area contributed by atoms with Crippen molar-refractivity contribution in [1.29, 1.82) is 5.26 Å². The number of piperidine rings is 1. The number of hydrazine groups is 1. The van der Waals surface area contributed by atoms with Gasteiger partial charge in [0, 0.05) is 62.7 Å². The van der Waals surface area contributed by atoms with Gasteiger partial charge in [0.1, 0.15) is 6.07 Å². The molecule has 1 unspecified atom stereocenters. The largest absolute Gasteiger partial charge is 0.370 e. The van der Waals surface area contributed by atoms with E-state index in [1.165, 1.54) is 12.0 Å². The van der Waals surface area contributed by atoms with Crippen LogP contribution in [0.5, 0.6) is 0 Å². The van der Waals surface area contributed by atoms with Crippen molar-refractivity contribution in [2.75, 3.05) is 50.7 Å². The van der Waals surface area contributed by atoms with Crippen LogP contribution >= 0.6 is 0 Å². The standard InChI is InChI=1S/C25H31N7O/c1-17-11-31(24-5-4-18(9-26)25-22(24)3-2-7-28-25)16-21(33-17)15-30-13-20(14-30)32-12-19-10-27-8-6-23(19)29-32/h2-5,7,12,17,20-21,23,27,29H,6,8,10-11,13-16H2,1H3/t17-,21+,23?/m1/s1. The van der Waals surface area contributed by atoms with Gasteiger partial charge >= 0.3 is 0 Å². The smallest absolute Gasteiger partial charge is 0.101 e. The second-order valence-corrected chi connectivity index (χ2v) is 9.75. The number of hydrogen-bond donors (Lipinski definition) is 2. The van der Waals surface area contributed by atoms with Crippen LogP contribution in [-0.2, 0) is 4.74 Å². The Bertz CT molecular complexity index is 1110. The first-order valence-corrected chi connectivity index (χ1v) is 12.0. The minimum atomic E-state index is 0.156. The molecule has 33 heavy (non-hydrogen) atoms. The summed E-state index contributed by atoms with van der Waals surface area (Å²) in [4.78, 5) is 9.39. The van der Waals surface area contributed by atoms with Crippen LogP contribution in [0.3, 0.4) is 0 Å². The van der Waals surface area contributed by atoms with E-state index in [4.69, 9.17) is 4.74 Å². The number of fused-ring (bicyclic) bond motifs is 2. The highest BCUT2D eigenvalue weighted by atomic mass is 16.5. The third-order valence-electron chi connectivity index (χ3n) is 7.32. The zero-order valence-corrected chi connectivity index (χ0v) is 19.1. The SMILES string of the molecule is C[C@@H]1CN(c2ccc(C#N)c3ncccc23)C[C@H](CN2CC(N3C=C4CNCCC4N3)C2)O1. The number of morpholine rings is 1. The summed E-state index contributed by atoms with van der Waals surface area (Å²) >= 11 is 0. The number of benzene rings is 1. The molecule has 0 spiro atoms. The number of ether oxygens (including phenoxy) is 1. The Balaban J connectivity index is 1.10. The first kappa shape index (κ1) is 20.9. The molecule has 2 aromatic rings. The quantitative estimate of drug-likeness (QED) is 0.732. The van der Waals surface area contributed by atoms with E-state index >= 15 is 0 Å². The Morgan fingerprint density at radius 1 is 1.21 bits per heavy atom. The fourth-order valence-corrected chi connectivity index (χ4v) is 5.70. The Morgan fingerprint density at radius 2 is 2.12 bits per heavy atom. The number of likely N-dealkylation sites (tertiary alicyclic amines) is 1. The molecule has 1 aromatic carbocycles. The number of rotatable bonds is 4. The first-order valence-electron chi connectivity index (χ1n) is 12.0. The number of hydrogen-bond acceptors (Lipinski definition) is 8. The van der Waals surface area contributed by atoms with E-state index in [1.54, 1.807) is 6.20 Å². The van der Waals surface area contributed by atoms with Crippen LogP contribution in [0.1, 0.15) is 18.9 Å². The van der Waals surface area contributed by atoms with Crippen LogP contribution in [0.25, 0.3) is 10.9 Å². The number of pyridine rings is 1.